The second kappa shape index (κ2) is 5.91. The van der Waals surface area contributed by atoms with Crippen LogP contribution in [0.4, 0.5) is 0 Å². The van der Waals surface area contributed by atoms with E-state index < -0.39 is 16.1 Å². The van der Waals surface area contributed by atoms with E-state index >= 15 is 0 Å². The van der Waals surface area contributed by atoms with Crippen molar-refractivity contribution >= 4 is 26.8 Å². The van der Waals surface area contributed by atoms with Crippen LogP contribution in [0, 0.1) is 13.8 Å². The molecule has 0 bridgehead atoms. The number of benzene rings is 1. The van der Waals surface area contributed by atoms with Crippen molar-refractivity contribution < 1.29 is 12.8 Å². The van der Waals surface area contributed by atoms with Gasteiger partial charge in [-0.2, -0.15) is 9.52 Å². The van der Waals surface area contributed by atoms with Crippen molar-refractivity contribution in [2.75, 3.05) is 6.26 Å². The lowest BCUT2D eigenvalue weighted by Crippen LogP contribution is -2.26. The highest BCUT2D eigenvalue weighted by Gasteiger charge is 2.36. The molecule has 0 spiro atoms. The highest BCUT2D eigenvalue weighted by molar-refractivity contribution is 7.88. The summed E-state index contributed by atoms with van der Waals surface area (Å²) in [4.78, 5) is 8.72. The molecule has 0 radical (unpaired) electrons. The molecule has 2 aromatic heterocycles. The average molecular weight is 370 g/mol. The smallest absolute Gasteiger partial charge is 0.247 e. The minimum Gasteiger partial charge on any atom is -0.466 e. The molecule has 26 heavy (non-hydrogen) atoms. The molecule has 3 aromatic rings. The van der Waals surface area contributed by atoms with Crippen molar-refractivity contribution in [1.82, 2.24) is 14.4 Å². The number of furan rings is 1. The van der Waals surface area contributed by atoms with Crippen molar-refractivity contribution in [2.24, 2.45) is 5.10 Å². The van der Waals surface area contributed by atoms with Crippen molar-refractivity contribution in [2.45, 2.75) is 26.3 Å². The summed E-state index contributed by atoms with van der Waals surface area (Å²) >= 11 is 0. The van der Waals surface area contributed by atoms with Gasteiger partial charge in [0.25, 0.3) is 0 Å². The van der Waals surface area contributed by atoms with E-state index in [4.69, 9.17) is 4.42 Å². The normalized spacial score (nSPS) is 17.7. The molecule has 0 N–H and O–H groups in total. The molecule has 0 saturated carbocycles. The summed E-state index contributed by atoms with van der Waals surface area (Å²) in [5, 5.41) is 4.42. The van der Waals surface area contributed by atoms with E-state index in [0.29, 0.717) is 17.6 Å². The van der Waals surface area contributed by atoms with Crippen LogP contribution in [0.25, 0.3) is 11.0 Å². The monoisotopic (exact) mass is 370 g/mol. The van der Waals surface area contributed by atoms with Gasteiger partial charge in [0.2, 0.25) is 10.0 Å². The number of rotatable bonds is 3. The first kappa shape index (κ1) is 16.7. The number of para-hydroxylation sites is 1. The predicted molar refractivity (Wildman–Crippen MR) is 98.3 cm³/mol. The molecule has 1 aliphatic heterocycles. The van der Waals surface area contributed by atoms with Gasteiger partial charge in [-0.3, -0.25) is 9.97 Å². The second-order valence-electron chi connectivity index (χ2n) is 6.40. The quantitative estimate of drug-likeness (QED) is 0.707. The van der Waals surface area contributed by atoms with Gasteiger partial charge in [0.05, 0.1) is 29.0 Å². The third kappa shape index (κ3) is 2.76. The maximum atomic E-state index is 12.4. The molecule has 1 atom stereocenters. The number of hydrogen-bond donors (Lipinski definition) is 0. The predicted octanol–water partition coefficient (Wildman–Crippen LogP) is 2.95. The molecule has 0 saturated heterocycles. The Hall–Kier alpha value is -2.74. The van der Waals surface area contributed by atoms with Crippen molar-refractivity contribution in [3.8, 4) is 0 Å². The van der Waals surface area contributed by atoms with Crippen LogP contribution < -0.4 is 0 Å². The third-order valence-corrected chi connectivity index (χ3v) is 5.47. The summed E-state index contributed by atoms with van der Waals surface area (Å²) in [7, 11) is -3.55. The van der Waals surface area contributed by atoms with Gasteiger partial charge in [-0.15, -0.1) is 0 Å². The van der Waals surface area contributed by atoms with E-state index in [2.05, 4.69) is 15.1 Å². The molecule has 0 aliphatic carbocycles. The number of aromatic nitrogens is 2. The third-order valence-electron chi connectivity index (χ3n) is 4.45. The molecule has 0 unspecified atom stereocenters. The molecule has 8 heteroatoms. The minimum absolute atomic E-state index is 0.447. The number of hydrogen-bond acceptors (Lipinski definition) is 6. The average Bonchev–Trinajstić information content (AvgIpc) is 3.17. The van der Waals surface area contributed by atoms with E-state index in [0.717, 1.165) is 34.4 Å². The largest absolute Gasteiger partial charge is 0.466 e. The van der Waals surface area contributed by atoms with Crippen LogP contribution in [0.3, 0.4) is 0 Å². The van der Waals surface area contributed by atoms with Crippen molar-refractivity contribution in [3.05, 3.63) is 59.3 Å². The van der Waals surface area contributed by atoms with E-state index in [9.17, 15) is 8.42 Å². The maximum Gasteiger partial charge on any atom is 0.247 e. The fourth-order valence-corrected chi connectivity index (χ4v) is 4.29. The summed E-state index contributed by atoms with van der Waals surface area (Å²) in [6.45, 7) is 3.71. The number of aryl methyl sites for hydroxylation is 2. The summed E-state index contributed by atoms with van der Waals surface area (Å²) in [6.07, 6.45) is 4.84. The van der Waals surface area contributed by atoms with Crippen LogP contribution in [0.15, 0.2) is 46.2 Å². The van der Waals surface area contributed by atoms with Crippen LogP contribution in [0.2, 0.25) is 0 Å². The summed E-state index contributed by atoms with van der Waals surface area (Å²) in [5.74, 6) is 1.50. The molecule has 1 aromatic carbocycles. The van der Waals surface area contributed by atoms with Gasteiger partial charge < -0.3 is 4.42 Å². The molecule has 0 amide bonds. The van der Waals surface area contributed by atoms with Crippen LogP contribution >= 0.6 is 0 Å². The lowest BCUT2D eigenvalue weighted by Gasteiger charge is -2.22. The first-order valence-corrected chi connectivity index (χ1v) is 10.0. The molecule has 4 rings (SSSR count). The maximum absolute atomic E-state index is 12.4. The standard InChI is InChI=1S/C18H18N4O3S/c1-11-9-14(12(2)25-11)16-10-17(22(21-16)26(3,23)24)13-5-4-6-15-18(13)20-8-7-19-15/h4-9,17H,10H2,1-3H3/t17-/m0/s1. The van der Waals surface area contributed by atoms with Gasteiger partial charge in [-0.25, -0.2) is 8.42 Å². The SMILES string of the molecule is Cc1cc(C2=NN(S(C)(=O)=O)[C@H](c3cccc4nccnc34)C2)c(C)o1. The lowest BCUT2D eigenvalue weighted by atomic mass is 9.98. The Morgan fingerprint density at radius 1 is 1.19 bits per heavy atom. The Kier molecular flexibility index (Phi) is 3.80. The molecule has 3 heterocycles. The zero-order valence-corrected chi connectivity index (χ0v) is 15.5. The van der Waals surface area contributed by atoms with E-state index in [-0.39, 0.29) is 0 Å². The molecule has 0 fully saturated rings. The number of sulfonamides is 1. The summed E-state index contributed by atoms with van der Waals surface area (Å²) in [6, 6.07) is 7.02. The Morgan fingerprint density at radius 3 is 2.65 bits per heavy atom. The Bertz CT molecular complexity index is 1130. The highest BCUT2D eigenvalue weighted by Crippen LogP contribution is 2.37. The molecule has 7 nitrogen and oxygen atoms in total. The second-order valence-corrected chi connectivity index (χ2v) is 8.24. The fourth-order valence-electron chi connectivity index (χ4n) is 3.39. The van der Waals surface area contributed by atoms with E-state index in [1.54, 1.807) is 12.4 Å². The van der Waals surface area contributed by atoms with E-state index in [1.165, 1.54) is 4.41 Å². The highest BCUT2D eigenvalue weighted by atomic mass is 32.2. The van der Waals surface area contributed by atoms with Gasteiger partial charge in [-0.05, 0) is 26.0 Å². The van der Waals surface area contributed by atoms with Gasteiger partial charge >= 0.3 is 0 Å². The molecular formula is C18H18N4O3S. The Balaban J connectivity index is 1.85. The topological polar surface area (TPSA) is 88.7 Å². The Labute approximate surface area is 151 Å². The minimum atomic E-state index is -3.55. The molecule has 134 valence electrons. The number of hydrazone groups is 1. The van der Waals surface area contributed by atoms with Crippen LogP contribution in [0.5, 0.6) is 0 Å². The van der Waals surface area contributed by atoms with Gasteiger partial charge in [-0.1, -0.05) is 12.1 Å². The fraction of sp³-hybridized carbons (Fsp3) is 0.278. The van der Waals surface area contributed by atoms with E-state index in [1.807, 2.05) is 38.1 Å². The van der Waals surface area contributed by atoms with Crippen LogP contribution in [-0.4, -0.2) is 34.8 Å². The molecular weight excluding hydrogens is 352 g/mol. The first-order chi connectivity index (χ1) is 12.3. The molecule has 1 aliphatic rings. The summed E-state index contributed by atoms with van der Waals surface area (Å²) in [5.41, 5.74) is 3.73. The zero-order chi connectivity index (χ0) is 18.5. The van der Waals surface area contributed by atoms with Gasteiger partial charge in [0.15, 0.2) is 0 Å². The van der Waals surface area contributed by atoms with Crippen molar-refractivity contribution in [1.29, 1.82) is 0 Å². The zero-order valence-electron chi connectivity index (χ0n) is 14.7. The van der Waals surface area contributed by atoms with Crippen LogP contribution in [0.1, 0.15) is 35.1 Å². The lowest BCUT2D eigenvalue weighted by molar-refractivity contribution is 0.376. The number of fused-ring (bicyclic) bond motifs is 1. The first-order valence-electron chi connectivity index (χ1n) is 8.18. The van der Waals surface area contributed by atoms with Gasteiger partial charge in [0.1, 0.15) is 11.5 Å². The summed E-state index contributed by atoms with van der Waals surface area (Å²) < 4.78 is 31.5. The van der Waals surface area contributed by atoms with Gasteiger partial charge in [0, 0.05) is 29.9 Å². The van der Waals surface area contributed by atoms with Crippen molar-refractivity contribution in [3.63, 3.8) is 0 Å². The van der Waals surface area contributed by atoms with Crippen LogP contribution in [-0.2, 0) is 10.0 Å². The number of nitrogens with zero attached hydrogens (tertiary/aromatic N) is 4. The Morgan fingerprint density at radius 2 is 1.96 bits per heavy atom.